The third kappa shape index (κ3) is 3.50. The third-order valence-electron chi connectivity index (χ3n) is 3.47. The molecule has 22 heavy (non-hydrogen) atoms. The van der Waals surface area contributed by atoms with Crippen LogP contribution in [0.3, 0.4) is 0 Å². The molecular weight excluding hydrogens is 342 g/mol. The second-order valence-corrected chi connectivity index (χ2v) is 6.09. The van der Waals surface area contributed by atoms with Crippen molar-refractivity contribution in [2.24, 2.45) is 4.99 Å². The summed E-state index contributed by atoms with van der Waals surface area (Å²) in [6, 6.07) is 8.07. The molecule has 3 nitrogen and oxygen atoms in total. The van der Waals surface area contributed by atoms with E-state index in [9.17, 15) is 0 Å². The lowest BCUT2D eigenvalue weighted by Gasteiger charge is -2.10. The first kappa shape index (κ1) is 16.6. The van der Waals surface area contributed by atoms with Crippen LogP contribution in [-0.4, -0.2) is 20.4 Å². The number of hydrogen-bond donors (Lipinski definition) is 0. The van der Waals surface area contributed by atoms with E-state index in [0.717, 1.165) is 27.2 Å². The average Bonchev–Trinajstić information content (AvgIpc) is 2.46. The molecule has 2 rings (SSSR count). The van der Waals surface area contributed by atoms with E-state index in [0.29, 0.717) is 0 Å². The summed E-state index contributed by atoms with van der Waals surface area (Å²) in [7, 11) is 3.27. The molecule has 0 saturated carbocycles. The van der Waals surface area contributed by atoms with Crippen LogP contribution in [0, 0.1) is 20.8 Å². The van der Waals surface area contributed by atoms with Gasteiger partial charge in [-0.15, -0.1) is 0 Å². The number of ether oxygens (including phenoxy) is 2. The molecule has 0 saturated heterocycles. The molecule has 0 unspecified atom stereocenters. The van der Waals surface area contributed by atoms with Crippen LogP contribution in [0.5, 0.6) is 11.5 Å². The zero-order valence-corrected chi connectivity index (χ0v) is 15.1. The molecule has 4 heteroatoms. The number of aliphatic imine (C=N–C) groups is 1. The summed E-state index contributed by atoms with van der Waals surface area (Å²) in [6.45, 7) is 6.25. The Bertz CT molecular complexity index is 700. The maximum atomic E-state index is 5.42. The maximum Gasteiger partial charge on any atom is 0.136 e. The molecule has 0 N–H and O–H groups in total. The summed E-state index contributed by atoms with van der Waals surface area (Å²) in [5.74, 6) is 1.46. The van der Waals surface area contributed by atoms with Crippen molar-refractivity contribution in [2.45, 2.75) is 20.8 Å². The summed E-state index contributed by atoms with van der Waals surface area (Å²) in [5.41, 5.74) is 5.48. The third-order valence-corrected chi connectivity index (χ3v) is 4.09. The quantitative estimate of drug-likeness (QED) is 0.705. The van der Waals surface area contributed by atoms with E-state index >= 15 is 0 Å². The van der Waals surface area contributed by atoms with Gasteiger partial charge in [0.05, 0.1) is 24.4 Å². The number of benzene rings is 2. The number of halogens is 1. The Hall–Kier alpha value is -1.81. The van der Waals surface area contributed by atoms with Crippen molar-refractivity contribution in [1.29, 1.82) is 0 Å². The minimum atomic E-state index is 0.728. The minimum Gasteiger partial charge on any atom is -0.496 e. The number of hydrogen-bond acceptors (Lipinski definition) is 3. The molecule has 0 fully saturated rings. The van der Waals surface area contributed by atoms with Gasteiger partial charge in [-0.25, -0.2) is 0 Å². The highest BCUT2D eigenvalue weighted by Gasteiger charge is 2.08. The van der Waals surface area contributed by atoms with Gasteiger partial charge < -0.3 is 9.47 Å². The fourth-order valence-electron chi connectivity index (χ4n) is 2.49. The van der Waals surface area contributed by atoms with Gasteiger partial charge in [0.1, 0.15) is 11.5 Å². The normalized spacial score (nSPS) is 11.0. The number of rotatable bonds is 4. The van der Waals surface area contributed by atoms with Gasteiger partial charge in [0.2, 0.25) is 0 Å². The van der Waals surface area contributed by atoms with Gasteiger partial charge in [0.15, 0.2) is 0 Å². The molecule has 0 atom stereocenters. The Kier molecular flexibility index (Phi) is 5.24. The summed E-state index contributed by atoms with van der Waals surface area (Å²) in [4.78, 5) is 4.66. The van der Waals surface area contributed by atoms with Crippen molar-refractivity contribution in [3.8, 4) is 11.5 Å². The fourth-order valence-corrected chi connectivity index (χ4v) is 3.02. The first-order valence-electron chi connectivity index (χ1n) is 6.99. The molecule has 0 aromatic heterocycles. The van der Waals surface area contributed by atoms with E-state index < -0.39 is 0 Å². The van der Waals surface area contributed by atoms with Crippen LogP contribution >= 0.6 is 15.9 Å². The van der Waals surface area contributed by atoms with Crippen molar-refractivity contribution in [1.82, 2.24) is 0 Å². The van der Waals surface area contributed by atoms with Gasteiger partial charge >= 0.3 is 0 Å². The molecule has 2 aromatic carbocycles. The molecule has 0 amide bonds. The first-order valence-corrected chi connectivity index (χ1v) is 7.79. The standard InChI is InChI=1S/C18H20BrNO2/c1-11-6-12(2)18(13(3)7-11)20-10-14-8-15(19)17(22-5)9-16(14)21-4/h6-10H,1-5H3. The fraction of sp³-hybridized carbons (Fsp3) is 0.278. The molecule has 0 bridgehead atoms. The zero-order valence-electron chi connectivity index (χ0n) is 13.5. The van der Waals surface area contributed by atoms with Crippen molar-refractivity contribution in [3.05, 3.63) is 51.0 Å². The van der Waals surface area contributed by atoms with E-state index in [-0.39, 0.29) is 0 Å². The number of methoxy groups -OCH3 is 2. The molecular formula is C18H20BrNO2. The van der Waals surface area contributed by atoms with Gasteiger partial charge in [0, 0.05) is 17.8 Å². The van der Waals surface area contributed by atoms with Gasteiger partial charge in [-0.05, 0) is 53.9 Å². The lowest BCUT2D eigenvalue weighted by molar-refractivity contribution is 0.392. The Morgan fingerprint density at radius 3 is 2.05 bits per heavy atom. The highest BCUT2D eigenvalue weighted by molar-refractivity contribution is 9.10. The van der Waals surface area contributed by atoms with Gasteiger partial charge in [-0.1, -0.05) is 17.7 Å². The summed E-state index contributed by atoms with van der Waals surface area (Å²) in [6.07, 6.45) is 1.83. The van der Waals surface area contributed by atoms with Gasteiger partial charge in [0.25, 0.3) is 0 Å². The van der Waals surface area contributed by atoms with Crippen LogP contribution in [0.15, 0.2) is 33.7 Å². The molecule has 0 aliphatic carbocycles. The number of nitrogens with zero attached hydrogens (tertiary/aromatic N) is 1. The van der Waals surface area contributed by atoms with Crippen LogP contribution < -0.4 is 9.47 Å². The summed E-state index contributed by atoms with van der Waals surface area (Å²) < 4.78 is 11.6. The predicted octanol–water partition coefficient (Wildman–Crippen LogP) is 5.14. The smallest absolute Gasteiger partial charge is 0.136 e. The SMILES string of the molecule is COc1cc(OC)c(C=Nc2c(C)cc(C)cc2C)cc1Br. The van der Waals surface area contributed by atoms with Gasteiger partial charge in [-0.3, -0.25) is 4.99 Å². The molecule has 0 aliphatic heterocycles. The van der Waals surface area contributed by atoms with Crippen LogP contribution in [-0.2, 0) is 0 Å². The van der Waals surface area contributed by atoms with E-state index in [2.05, 4.69) is 53.8 Å². The molecule has 2 aromatic rings. The largest absolute Gasteiger partial charge is 0.496 e. The monoisotopic (exact) mass is 361 g/mol. The van der Waals surface area contributed by atoms with Crippen LogP contribution in [0.25, 0.3) is 0 Å². The summed E-state index contributed by atoms with van der Waals surface area (Å²) >= 11 is 3.49. The lowest BCUT2D eigenvalue weighted by atomic mass is 10.1. The average molecular weight is 362 g/mol. The second-order valence-electron chi connectivity index (χ2n) is 5.23. The first-order chi connectivity index (χ1) is 10.5. The van der Waals surface area contributed by atoms with Crippen LogP contribution in [0.2, 0.25) is 0 Å². The molecule has 116 valence electrons. The highest BCUT2D eigenvalue weighted by atomic mass is 79.9. The summed E-state index contributed by atoms with van der Waals surface area (Å²) in [5, 5.41) is 0. The second kappa shape index (κ2) is 6.97. The van der Waals surface area contributed by atoms with Gasteiger partial charge in [-0.2, -0.15) is 0 Å². The van der Waals surface area contributed by atoms with Crippen molar-refractivity contribution in [2.75, 3.05) is 14.2 Å². The van der Waals surface area contributed by atoms with E-state index in [1.54, 1.807) is 14.2 Å². The Morgan fingerprint density at radius 1 is 0.909 bits per heavy atom. The Labute approximate surface area is 140 Å². The van der Waals surface area contributed by atoms with E-state index in [1.165, 1.54) is 16.7 Å². The zero-order chi connectivity index (χ0) is 16.3. The topological polar surface area (TPSA) is 30.8 Å². The minimum absolute atomic E-state index is 0.728. The van der Waals surface area contributed by atoms with Crippen LogP contribution in [0.4, 0.5) is 5.69 Å². The van der Waals surface area contributed by atoms with Crippen molar-refractivity contribution >= 4 is 27.8 Å². The van der Waals surface area contributed by atoms with Crippen molar-refractivity contribution in [3.63, 3.8) is 0 Å². The molecule has 0 aliphatic rings. The Morgan fingerprint density at radius 2 is 1.50 bits per heavy atom. The molecule has 0 radical (unpaired) electrons. The Balaban J connectivity index is 2.44. The van der Waals surface area contributed by atoms with Crippen molar-refractivity contribution < 1.29 is 9.47 Å². The highest BCUT2D eigenvalue weighted by Crippen LogP contribution is 2.32. The maximum absolute atomic E-state index is 5.42. The van der Waals surface area contributed by atoms with Crippen LogP contribution in [0.1, 0.15) is 22.3 Å². The predicted molar refractivity (Wildman–Crippen MR) is 95.2 cm³/mol. The number of aryl methyl sites for hydroxylation is 3. The lowest BCUT2D eigenvalue weighted by Crippen LogP contribution is -1.94. The van der Waals surface area contributed by atoms with E-state index in [1.807, 2.05) is 18.3 Å². The van der Waals surface area contributed by atoms with E-state index in [4.69, 9.17) is 9.47 Å². The molecule has 0 spiro atoms. The molecule has 0 heterocycles.